The minimum atomic E-state index is -0.779. The number of hydrogen-bond acceptors (Lipinski definition) is 8. The van der Waals surface area contributed by atoms with Crippen molar-refractivity contribution < 1.29 is 23.5 Å². The van der Waals surface area contributed by atoms with E-state index < -0.39 is 23.6 Å². The van der Waals surface area contributed by atoms with Crippen molar-refractivity contribution in [2.24, 2.45) is 5.41 Å². The van der Waals surface area contributed by atoms with Crippen LogP contribution in [0.15, 0.2) is 66.1 Å². The molecule has 2 aliphatic rings. The Hall–Kier alpha value is -4.03. The van der Waals surface area contributed by atoms with Gasteiger partial charge in [0, 0.05) is 30.1 Å². The summed E-state index contributed by atoms with van der Waals surface area (Å²) in [6.45, 7) is 13.9. The van der Waals surface area contributed by atoms with Crippen LogP contribution in [0.4, 0.5) is 20.0 Å². The largest absolute Gasteiger partial charge is 0.445 e. The van der Waals surface area contributed by atoms with Crippen LogP contribution in [0.2, 0.25) is 0 Å². The lowest BCUT2D eigenvalue weighted by atomic mass is 9.85. The Morgan fingerprint density at radius 1 is 1.20 bits per heavy atom. The third-order valence-corrected chi connectivity index (χ3v) is 9.19. The summed E-state index contributed by atoms with van der Waals surface area (Å²) < 4.78 is 19.2. The molecular formula is C34H45FN6O4S. The van der Waals surface area contributed by atoms with Gasteiger partial charge < -0.3 is 30.5 Å². The van der Waals surface area contributed by atoms with Gasteiger partial charge in [-0.3, -0.25) is 9.59 Å². The monoisotopic (exact) mass is 652 g/mol. The van der Waals surface area contributed by atoms with Gasteiger partial charge in [-0.2, -0.15) is 0 Å². The maximum Gasteiger partial charge on any atom is 0.410 e. The van der Waals surface area contributed by atoms with Crippen molar-refractivity contribution in [1.82, 2.24) is 25.4 Å². The van der Waals surface area contributed by atoms with E-state index in [0.717, 1.165) is 11.3 Å². The molecule has 5 unspecified atom stereocenters. The maximum atomic E-state index is 14.3. The Balaban J connectivity index is 1.62. The number of hydrogen-bond donors (Lipinski definition) is 3. The molecule has 0 aliphatic carbocycles. The van der Waals surface area contributed by atoms with Crippen LogP contribution in [0.3, 0.4) is 0 Å². The van der Waals surface area contributed by atoms with Crippen LogP contribution in [0.25, 0.3) is 0 Å². The lowest BCUT2D eigenvalue weighted by Crippen LogP contribution is -2.59. The Kier molecular flexibility index (Phi) is 11.4. The topological polar surface area (TPSA) is 116 Å². The first-order valence-electron chi connectivity index (χ1n) is 15.5. The summed E-state index contributed by atoms with van der Waals surface area (Å²) in [4.78, 5) is 49.1. The molecule has 3 heterocycles. The van der Waals surface area contributed by atoms with Gasteiger partial charge in [0.15, 0.2) is 5.13 Å². The van der Waals surface area contributed by atoms with Crippen molar-refractivity contribution >= 4 is 40.1 Å². The molecule has 1 aromatic heterocycles. The molecule has 10 nitrogen and oxygen atoms in total. The molecular weight excluding hydrogens is 607 g/mol. The quantitative estimate of drug-likeness (QED) is 0.280. The van der Waals surface area contributed by atoms with E-state index in [1.54, 1.807) is 43.2 Å². The minimum absolute atomic E-state index is 0.131. The highest BCUT2D eigenvalue weighted by Gasteiger charge is 2.54. The zero-order chi connectivity index (χ0) is 33.6. The number of carbonyl (C=O) groups is 3. The number of likely N-dealkylation sites (N-methyl/N-ethyl adjacent to an activating group) is 1. The van der Waals surface area contributed by atoms with E-state index in [2.05, 4.69) is 22.5 Å². The van der Waals surface area contributed by atoms with Crippen LogP contribution in [0.1, 0.15) is 52.7 Å². The molecule has 0 bridgehead atoms. The fourth-order valence-electron chi connectivity index (χ4n) is 5.80. The number of thiazole rings is 1. The number of carbonyl (C=O) groups excluding carboxylic acids is 3. The highest BCUT2D eigenvalue weighted by Crippen LogP contribution is 2.43. The smallest absolute Gasteiger partial charge is 0.410 e. The molecule has 4 rings (SSSR count). The van der Waals surface area contributed by atoms with Gasteiger partial charge in [-0.25, -0.2) is 14.2 Å². The summed E-state index contributed by atoms with van der Waals surface area (Å²) in [5, 5.41) is 11.7. The molecule has 1 aromatic carbocycles. The summed E-state index contributed by atoms with van der Waals surface area (Å²) in [6, 6.07) is 4.12. The molecule has 12 heteroatoms. The Bertz CT molecular complexity index is 1470. The first-order valence-corrected chi connectivity index (χ1v) is 16.4. The number of benzene rings is 1. The molecule has 3 amide bonds. The number of nitrogens with zero attached hydrogens (tertiary/aromatic N) is 3. The predicted molar refractivity (Wildman–Crippen MR) is 179 cm³/mol. The number of halogens is 1. The van der Waals surface area contributed by atoms with Gasteiger partial charge >= 0.3 is 6.09 Å². The standard InChI is InChI=1S/C34H45FN6O4S/c1-8-9-10-11-21(2)19-45-33(44)41-18-25(26-20-46-32(38-26)37-24-14-12-23(35)13-15-24)28-27(41)16-17-40(28)31(43)29(34(4,5)6)39-30(42)22(3)36-7/h8-15,20,22,25,27-29,36H,1,16-19H2,2-7H3,(H,37,38)(H,39,42). The number of nitrogens with one attached hydrogen (secondary N) is 3. The lowest BCUT2D eigenvalue weighted by molar-refractivity contribution is -0.140. The predicted octanol–water partition coefficient (Wildman–Crippen LogP) is 5.36. The third-order valence-electron chi connectivity index (χ3n) is 8.42. The number of likely N-dealkylation sites (tertiary alicyclic amines) is 2. The normalized spacial score (nSPS) is 21.2. The molecule has 2 aromatic rings. The second-order valence-electron chi connectivity index (χ2n) is 12.9. The molecule has 2 aliphatic heterocycles. The molecule has 46 heavy (non-hydrogen) atoms. The van der Waals surface area contributed by atoms with E-state index in [1.165, 1.54) is 23.5 Å². The highest BCUT2D eigenvalue weighted by molar-refractivity contribution is 7.13. The van der Waals surface area contributed by atoms with E-state index in [1.807, 2.05) is 50.1 Å². The third kappa shape index (κ3) is 8.21. The number of ether oxygens (including phenoxy) is 1. The number of allylic oxidation sites excluding steroid dienone is 4. The van der Waals surface area contributed by atoms with E-state index in [9.17, 15) is 18.8 Å². The summed E-state index contributed by atoms with van der Waals surface area (Å²) in [7, 11) is 1.70. The van der Waals surface area contributed by atoms with Gasteiger partial charge in [-0.05, 0) is 62.6 Å². The number of anilines is 2. The average molecular weight is 653 g/mol. The highest BCUT2D eigenvalue weighted by atomic mass is 32.1. The van der Waals surface area contributed by atoms with Crippen LogP contribution in [-0.2, 0) is 14.3 Å². The zero-order valence-electron chi connectivity index (χ0n) is 27.4. The van der Waals surface area contributed by atoms with Gasteiger partial charge in [-0.15, -0.1) is 11.3 Å². The molecule has 3 N–H and O–H groups in total. The Morgan fingerprint density at radius 3 is 2.57 bits per heavy atom. The molecule has 0 saturated carbocycles. The van der Waals surface area contributed by atoms with Crippen molar-refractivity contribution in [3.8, 4) is 0 Å². The van der Waals surface area contributed by atoms with E-state index in [-0.39, 0.29) is 42.2 Å². The summed E-state index contributed by atoms with van der Waals surface area (Å²) in [5.41, 5.74) is 1.74. The number of amides is 3. The fourth-order valence-corrected chi connectivity index (χ4v) is 6.60. The minimum Gasteiger partial charge on any atom is -0.445 e. The molecule has 2 saturated heterocycles. The van der Waals surface area contributed by atoms with Crippen molar-refractivity contribution in [1.29, 1.82) is 0 Å². The second kappa shape index (κ2) is 15.0. The maximum absolute atomic E-state index is 14.3. The molecule has 0 spiro atoms. The van der Waals surface area contributed by atoms with Crippen LogP contribution in [-0.4, -0.2) is 83.6 Å². The number of fused-ring (bicyclic) bond motifs is 1. The summed E-state index contributed by atoms with van der Waals surface area (Å²) in [6.07, 6.45) is 7.28. The SMILES string of the molecule is C=CC=CC=C(C)COC(=O)N1CC(c2csc(Nc3ccc(F)cc3)n2)C2C1CCN2C(=O)C(NC(=O)C(C)NC)C(C)(C)C. The van der Waals surface area contributed by atoms with Gasteiger partial charge in [0.2, 0.25) is 11.8 Å². The van der Waals surface area contributed by atoms with Crippen molar-refractivity contribution in [2.45, 2.75) is 71.1 Å². The molecule has 5 atom stereocenters. The molecule has 0 radical (unpaired) electrons. The van der Waals surface area contributed by atoms with Crippen molar-refractivity contribution in [3.05, 3.63) is 77.6 Å². The lowest BCUT2D eigenvalue weighted by Gasteiger charge is -2.37. The van der Waals surface area contributed by atoms with Gasteiger partial charge in [0.25, 0.3) is 0 Å². The van der Waals surface area contributed by atoms with E-state index in [0.29, 0.717) is 30.3 Å². The number of rotatable bonds is 11. The Morgan fingerprint density at radius 2 is 1.91 bits per heavy atom. The van der Waals surface area contributed by atoms with Crippen LogP contribution < -0.4 is 16.0 Å². The zero-order valence-corrected chi connectivity index (χ0v) is 28.2. The van der Waals surface area contributed by atoms with Gasteiger partial charge in [0.1, 0.15) is 18.5 Å². The van der Waals surface area contributed by atoms with Crippen molar-refractivity contribution in [2.75, 3.05) is 32.1 Å². The summed E-state index contributed by atoms with van der Waals surface area (Å²) >= 11 is 1.40. The second-order valence-corrected chi connectivity index (χ2v) is 13.7. The van der Waals surface area contributed by atoms with Crippen LogP contribution in [0, 0.1) is 11.2 Å². The van der Waals surface area contributed by atoms with Crippen LogP contribution >= 0.6 is 11.3 Å². The van der Waals surface area contributed by atoms with Crippen molar-refractivity contribution in [3.63, 3.8) is 0 Å². The average Bonchev–Trinajstić information content (AvgIpc) is 3.75. The van der Waals surface area contributed by atoms with Crippen LogP contribution in [0.5, 0.6) is 0 Å². The first kappa shape index (κ1) is 34.8. The molecule has 2 fully saturated rings. The van der Waals surface area contributed by atoms with Gasteiger partial charge in [0.05, 0.1) is 23.8 Å². The summed E-state index contributed by atoms with van der Waals surface area (Å²) in [5.74, 6) is -1.07. The number of aromatic nitrogens is 1. The van der Waals surface area contributed by atoms with E-state index in [4.69, 9.17) is 9.72 Å². The van der Waals surface area contributed by atoms with E-state index >= 15 is 0 Å². The Labute approximate surface area is 274 Å². The van der Waals surface area contributed by atoms with Gasteiger partial charge in [-0.1, -0.05) is 51.7 Å². The first-order chi connectivity index (χ1) is 21.8. The fraction of sp³-hybridized carbons (Fsp3) is 0.471. The molecule has 248 valence electrons.